The molecule has 0 unspecified atom stereocenters. The van der Waals surface area contributed by atoms with E-state index in [9.17, 15) is 0 Å². The average molecular weight is 141 g/mol. The molecule has 11 heavy (non-hydrogen) atoms. The summed E-state index contributed by atoms with van der Waals surface area (Å²) >= 11 is 0. The van der Waals surface area contributed by atoms with Crippen LogP contribution >= 0.6 is 0 Å². The van der Waals surface area contributed by atoms with Crippen molar-refractivity contribution < 1.29 is 0 Å². The summed E-state index contributed by atoms with van der Waals surface area (Å²) in [6.45, 7) is 0. The predicted octanol–water partition coefficient (Wildman–Crippen LogP) is 2.51. The molecule has 0 heteroatoms. The number of hydrogen-bond donors (Lipinski definition) is 0. The molecule has 0 saturated carbocycles. The Morgan fingerprint density at radius 3 is 3.09 bits per heavy atom. The third kappa shape index (κ3) is 1.25. The fraction of sp³-hybridized carbons (Fsp3) is 0.0909. The highest BCUT2D eigenvalue weighted by atomic mass is 14.0. The van der Waals surface area contributed by atoms with Gasteiger partial charge in [-0.25, -0.2) is 0 Å². The van der Waals surface area contributed by atoms with Crippen LogP contribution in [0.5, 0.6) is 0 Å². The molecule has 1 aliphatic carbocycles. The second-order valence-electron chi connectivity index (χ2n) is 2.60. The Morgan fingerprint density at radius 1 is 1.18 bits per heavy atom. The van der Waals surface area contributed by atoms with Gasteiger partial charge in [-0.2, -0.15) is 0 Å². The summed E-state index contributed by atoms with van der Waals surface area (Å²) < 4.78 is 0. The van der Waals surface area contributed by atoms with Crippen molar-refractivity contribution in [2.75, 3.05) is 0 Å². The normalized spacial score (nSPS) is 14.2. The third-order valence-electron chi connectivity index (χ3n) is 1.83. The van der Waals surface area contributed by atoms with Gasteiger partial charge in [-0.3, -0.25) is 0 Å². The minimum Gasteiger partial charge on any atom is -0.0801 e. The van der Waals surface area contributed by atoms with Crippen LogP contribution in [-0.2, 0) is 6.42 Å². The Bertz CT molecular complexity index is 306. The van der Waals surface area contributed by atoms with Gasteiger partial charge in [0, 0.05) is 0 Å². The molecule has 2 rings (SSSR count). The first kappa shape index (κ1) is 6.41. The maximum atomic E-state index is 3.21. The van der Waals surface area contributed by atoms with Gasteiger partial charge in [-0.05, 0) is 23.6 Å². The van der Waals surface area contributed by atoms with Gasteiger partial charge in [-0.1, -0.05) is 42.5 Å². The van der Waals surface area contributed by atoms with Crippen LogP contribution in [0.15, 0.2) is 42.5 Å². The lowest BCUT2D eigenvalue weighted by atomic mass is 10.1. The van der Waals surface area contributed by atoms with E-state index in [4.69, 9.17) is 0 Å². The molecule has 0 N–H and O–H groups in total. The minimum absolute atomic E-state index is 1.03. The van der Waals surface area contributed by atoms with Crippen LogP contribution < -0.4 is 0 Å². The van der Waals surface area contributed by atoms with Crippen LogP contribution in [0.2, 0.25) is 0 Å². The average Bonchev–Trinajstić information content (AvgIpc) is 2.28. The molecule has 1 aliphatic rings. The van der Waals surface area contributed by atoms with Crippen molar-refractivity contribution in [3.63, 3.8) is 0 Å². The molecule has 1 aromatic rings. The van der Waals surface area contributed by atoms with E-state index in [1.165, 1.54) is 11.1 Å². The molecule has 53 valence electrons. The molecule has 0 aromatic heterocycles. The van der Waals surface area contributed by atoms with Crippen molar-refractivity contribution in [1.82, 2.24) is 0 Å². The van der Waals surface area contributed by atoms with E-state index < -0.39 is 0 Å². The Balaban J connectivity index is 2.52. The van der Waals surface area contributed by atoms with Gasteiger partial charge in [0.2, 0.25) is 0 Å². The molecule has 0 nitrogen and oxygen atoms in total. The summed E-state index contributed by atoms with van der Waals surface area (Å²) in [6, 6.07) is 8.36. The molecule has 0 aliphatic heterocycles. The van der Waals surface area contributed by atoms with Gasteiger partial charge in [0.1, 0.15) is 0 Å². The number of hydrogen-bond acceptors (Lipinski definition) is 0. The molecule has 0 fully saturated rings. The summed E-state index contributed by atoms with van der Waals surface area (Å²) in [7, 11) is 0. The van der Waals surface area contributed by atoms with E-state index in [0.717, 1.165) is 6.42 Å². The monoisotopic (exact) mass is 141 g/mol. The highest BCUT2D eigenvalue weighted by molar-refractivity contribution is 5.36. The zero-order chi connectivity index (χ0) is 7.52. The molecular weight excluding hydrogens is 132 g/mol. The molecular formula is C11H9. The first-order valence-electron chi connectivity index (χ1n) is 3.79. The number of rotatable bonds is 0. The molecule has 0 amide bonds. The number of fused-ring (bicyclic) bond motifs is 1. The molecule has 0 atom stereocenters. The van der Waals surface area contributed by atoms with Gasteiger partial charge in [0.05, 0.1) is 0 Å². The van der Waals surface area contributed by atoms with E-state index in [2.05, 4.69) is 30.4 Å². The summed E-state index contributed by atoms with van der Waals surface area (Å²) in [5.74, 6) is 0. The quantitative estimate of drug-likeness (QED) is 0.520. The minimum atomic E-state index is 1.03. The van der Waals surface area contributed by atoms with Gasteiger partial charge in [0.25, 0.3) is 0 Å². The van der Waals surface area contributed by atoms with Crippen LogP contribution in [0.4, 0.5) is 0 Å². The number of allylic oxidation sites excluding steroid dienone is 3. The van der Waals surface area contributed by atoms with Crippen LogP contribution in [0, 0.1) is 6.08 Å². The van der Waals surface area contributed by atoms with Crippen LogP contribution in [0.25, 0.3) is 0 Å². The molecule has 0 spiro atoms. The lowest BCUT2D eigenvalue weighted by Crippen LogP contribution is -1.84. The zero-order valence-electron chi connectivity index (χ0n) is 6.25. The smallest absolute Gasteiger partial charge is 0.00882 e. The Labute approximate surface area is 66.9 Å². The van der Waals surface area contributed by atoms with Crippen LogP contribution in [0.3, 0.4) is 0 Å². The van der Waals surface area contributed by atoms with Crippen molar-refractivity contribution in [3.8, 4) is 0 Å². The highest BCUT2D eigenvalue weighted by Crippen LogP contribution is 2.12. The van der Waals surface area contributed by atoms with E-state index in [-0.39, 0.29) is 0 Å². The third-order valence-corrected chi connectivity index (χ3v) is 1.83. The second-order valence-corrected chi connectivity index (χ2v) is 2.60. The molecule has 0 bridgehead atoms. The number of benzene rings is 1. The van der Waals surface area contributed by atoms with Crippen molar-refractivity contribution in [1.29, 1.82) is 0 Å². The van der Waals surface area contributed by atoms with Crippen molar-refractivity contribution >= 4 is 0 Å². The van der Waals surface area contributed by atoms with Crippen molar-refractivity contribution in [3.05, 3.63) is 59.7 Å². The van der Waals surface area contributed by atoms with E-state index in [1.54, 1.807) is 0 Å². The van der Waals surface area contributed by atoms with E-state index in [0.29, 0.717) is 0 Å². The Morgan fingerprint density at radius 2 is 2.09 bits per heavy atom. The second kappa shape index (κ2) is 2.75. The summed E-state index contributed by atoms with van der Waals surface area (Å²) in [6.07, 6.45) is 10.4. The summed E-state index contributed by atoms with van der Waals surface area (Å²) in [4.78, 5) is 0. The van der Waals surface area contributed by atoms with Gasteiger partial charge in [0.15, 0.2) is 0 Å². The summed E-state index contributed by atoms with van der Waals surface area (Å²) in [5, 5.41) is 0. The Kier molecular flexibility index (Phi) is 1.60. The van der Waals surface area contributed by atoms with Gasteiger partial charge < -0.3 is 0 Å². The largest absolute Gasteiger partial charge is 0.0801 e. The fourth-order valence-corrected chi connectivity index (χ4v) is 1.24. The predicted molar refractivity (Wildman–Crippen MR) is 46.2 cm³/mol. The molecule has 0 saturated heterocycles. The maximum absolute atomic E-state index is 3.21. The fourth-order valence-electron chi connectivity index (χ4n) is 1.24. The zero-order valence-corrected chi connectivity index (χ0v) is 6.25. The topological polar surface area (TPSA) is 0 Å². The SMILES string of the molecule is [C]1=CC=CCc2ccccc21. The first-order valence-corrected chi connectivity index (χ1v) is 3.79. The van der Waals surface area contributed by atoms with Crippen LogP contribution in [0.1, 0.15) is 11.1 Å². The first-order chi connectivity index (χ1) is 5.47. The molecule has 1 aromatic carbocycles. The lowest BCUT2D eigenvalue weighted by Gasteiger charge is -1.98. The van der Waals surface area contributed by atoms with Crippen molar-refractivity contribution in [2.24, 2.45) is 0 Å². The van der Waals surface area contributed by atoms with Crippen molar-refractivity contribution in [2.45, 2.75) is 6.42 Å². The van der Waals surface area contributed by atoms with E-state index in [1.807, 2.05) is 18.2 Å². The van der Waals surface area contributed by atoms with Gasteiger partial charge in [-0.15, -0.1) is 0 Å². The molecule has 1 radical (unpaired) electrons. The lowest BCUT2D eigenvalue weighted by molar-refractivity contribution is 1.25. The maximum Gasteiger partial charge on any atom is -0.00882 e. The highest BCUT2D eigenvalue weighted by Gasteiger charge is 1.97. The van der Waals surface area contributed by atoms with Gasteiger partial charge >= 0.3 is 0 Å². The summed E-state index contributed by atoms with van der Waals surface area (Å²) in [5.41, 5.74) is 2.58. The van der Waals surface area contributed by atoms with E-state index >= 15 is 0 Å². The standard InChI is InChI=1S/C11H9/c1-2-6-10-8-4-5-9-11(10)7-3-1/h1-5,8-9H,6H2. The Hall–Kier alpha value is -1.30. The molecule has 0 heterocycles. The van der Waals surface area contributed by atoms with Crippen LogP contribution in [-0.4, -0.2) is 0 Å².